The van der Waals surface area contributed by atoms with Crippen LogP contribution in [0.4, 0.5) is 5.69 Å². The first-order valence-corrected chi connectivity index (χ1v) is 6.84. The smallest absolute Gasteiger partial charge is 0.305 e. The van der Waals surface area contributed by atoms with Gasteiger partial charge in [-0.1, -0.05) is 32.0 Å². The van der Waals surface area contributed by atoms with Crippen molar-refractivity contribution in [2.24, 2.45) is 5.92 Å². The molecule has 2 atom stereocenters. The topological polar surface area (TPSA) is 78.4 Å². The molecule has 0 saturated carbocycles. The third kappa shape index (κ3) is 3.29. The number of benzene rings is 1. The molecule has 1 aromatic rings. The molecule has 5 heteroatoms. The molecule has 0 aromatic heterocycles. The lowest BCUT2D eigenvalue weighted by atomic mass is 10.00. The van der Waals surface area contributed by atoms with Crippen molar-refractivity contribution in [2.45, 2.75) is 38.8 Å². The second kappa shape index (κ2) is 5.94. The molecular weight excluding hydrogens is 256 g/mol. The van der Waals surface area contributed by atoms with Crippen molar-refractivity contribution in [1.29, 1.82) is 0 Å². The molecule has 0 saturated heterocycles. The highest BCUT2D eigenvalue weighted by molar-refractivity contribution is 5.88. The molecule has 2 rings (SSSR count). The van der Waals surface area contributed by atoms with Gasteiger partial charge >= 0.3 is 5.97 Å². The Morgan fingerprint density at radius 1 is 1.40 bits per heavy atom. The molecule has 108 valence electrons. The molecule has 2 unspecified atom stereocenters. The molecule has 0 radical (unpaired) electrons. The van der Waals surface area contributed by atoms with Crippen molar-refractivity contribution in [1.82, 2.24) is 5.32 Å². The summed E-state index contributed by atoms with van der Waals surface area (Å²) in [5.41, 5.74) is 2.10. The van der Waals surface area contributed by atoms with Crippen LogP contribution < -0.4 is 10.6 Å². The van der Waals surface area contributed by atoms with Crippen LogP contribution in [0.2, 0.25) is 0 Å². The summed E-state index contributed by atoms with van der Waals surface area (Å²) in [5, 5.41) is 14.9. The van der Waals surface area contributed by atoms with E-state index in [2.05, 4.69) is 10.6 Å². The Labute approximate surface area is 118 Å². The molecule has 0 aliphatic carbocycles. The number of aliphatic carboxylic acids is 1. The second-order valence-electron chi connectivity index (χ2n) is 5.52. The highest BCUT2D eigenvalue weighted by atomic mass is 16.4. The Morgan fingerprint density at radius 2 is 2.10 bits per heavy atom. The number of nitrogens with one attached hydrogen (secondary N) is 2. The summed E-state index contributed by atoms with van der Waals surface area (Å²) in [4.78, 5) is 23.1. The van der Waals surface area contributed by atoms with Gasteiger partial charge in [0.05, 0.1) is 6.42 Å². The molecule has 1 amide bonds. The lowest BCUT2D eigenvalue weighted by Crippen LogP contribution is -2.46. The summed E-state index contributed by atoms with van der Waals surface area (Å²) >= 11 is 0. The average Bonchev–Trinajstić information content (AvgIpc) is 2.81. The van der Waals surface area contributed by atoms with Crippen LogP contribution in [0.5, 0.6) is 0 Å². The zero-order valence-electron chi connectivity index (χ0n) is 11.7. The molecule has 3 N–H and O–H groups in total. The first-order chi connectivity index (χ1) is 9.47. The van der Waals surface area contributed by atoms with Crippen molar-refractivity contribution in [3.05, 3.63) is 29.8 Å². The van der Waals surface area contributed by atoms with E-state index in [1.165, 1.54) is 0 Å². The van der Waals surface area contributed by atoms with Crippen molar-refractivity contribution >= 4 is 17.6 Å². The summed E-state index contributed by atoms with van der Waals surface area (Å²) in [6, 6.07) is 7.15. The third-order valence-electron chi connectivity index (χ3n) is 3.61. The first-order valence-electron chi connectivity index (χ1n) is 6.84. The normalized spacial score (nSPS) is 18.2. The number of rotatable bonds is 5. The quantitative estimate of drug-likeness (QED) is 0.764. The van der Waals surface area contributed by atoms with E-state index in [0.29, 0.717) is 6.42 Å². The zero-order chi connectivity index (χ0) is 14.7. The van der Waals surface area contributed by atoms with Gasteiger partial charge in [-0.3, -0.25) is 9.59 Å². The van der Waals surface area contributed by atoms with E-state index in [-0.39, 0.29) is 30.3 Å². The lowest BCUT2D eigenvalue weighted by Gasteiger charge is -2.22. The number of carbonyl (C=O) groups is 2. The minimum Gasteiger partial charge on any atom is -0.481 e. The van der Waals surface area contributed by atoms with E-state index in [1.54, 1.807) is 0 Å². The van der Waals surface area contributed by atoms with Crippen LogP contribution in [0.25, 0.3) is 0 Å². The Morgan fingerprint density at radius 3 is 2.70 bits per heavy atom. The van der Waals surface area contributed by atoms with Gasteiger partial charge in [0, 0.05) is 18.2 Å². The Bertz CT molecular complexity index is 489. The van der Waals surface area contributed by atoms with Gasteiger partial charge in [-0.25, -0.2) is 0 Å². The summed E-state index contributed by atoms with van der Waals surface area (Å²) < 4.78 is 0. The zero-order valence-corrected chi connectivity index (χ0v) is 11.7. The van der Waals surface area contributed by atoms with Crippen molar-refractivity contribution in [2.75, 3.05) is 5.32 Å². The maximum atomic E-state index is 12.2. The van der Waals surface area contributed by atoms with E-state index >= 15 is 0 Å². The molecule has 0 fully saturated rings. The number of anilines is 1. The van der Waals surface area contributed by atoms with Crippen LogP contribution in [0.1, 0.15) is 25.8 Å². The Hall–Kier alpha value is -2.04. The Kier molecular flexibility index (Phi) is 4.27. The second-order valence-corrected chi connectivity index (χ2v) is 5.52. The monoisotopic (exact) mass is 276 g/mol. The number of hydrogen-bond acceptors (Lipinski definition) is 3. The van der Waals surface area contributed by atoms with Gasteiger partial charge in [-0.2, -0.15) is 0 Å². The largest absolute Gasteiger partial charge is 0.481 e. The SMILES string of the molecule is CC(C)C(CC(=O)O)NC(=O)C1Cc2ccccc2N1. The number of para-hydroxylation sites is 1. The minimum atomic E-state index is -0.897. The molecule has 0 bridgehead atoms. The van der Waals surface area contributed by atoms with Crippen molar-refractivity contribution in [3.63, 3.8) is 0 Å². The molecular formula is C15H20N2O3. The Balaban J connectivity index is 1.97. The van der Waals surface area contributed by atoms with Crippen molar-refractivity contribution in [3.8, 4) is 0 Å². The fourth-order valence-electron chi connectivity index (χ4n) is 2.38. The summed E-state index contributed by atoms with van der Waals surface area (Å²) in [7, 11) is 0. The van der Waals surface area contributed by atoms with Gasteiger partial charge < -0.3 is 15.7 Å². The van der Waals surface area contributed by atoms with Crippen LogP contribution in [0.15, 0.2) is 24.3 Å². The van der Waals surface area contributed by atoms with Crippen LogP contribution in [-0.4, -0.2) is 29.1 Å². The number of carboxylic acid groups (broad SMARTS) is 1. The summed E-state index contributed by atoms with van der Waals surface area (Å²) in [5.74, 6) is -0.952. The molecule has 0 spiro atoms. The highest BCUT2D eigenvalue weighted by Crippen LogP contribution is 2.25. The fraction of sp³-hybridized carbons (Fsp3) is 0.467. The van der Waals surface area contributed by atoms with Crippen molar-refractivity contribution < 1.29 is 14.7 Å². The predicted molar refractivity (Wildman–Crippen MR) is 76.6 cm³/mol. The van der Waals surface area contributed by atoms with Crippen LogP contribution >= 0.6 is 0 Å². The summed E-state index contributed by atoms with van der Waals surface area (Å²) in [6.07, 6.45) is 0.586. The molecule has 5 nitrogen and oxygen atoms in total. The van der Waals surface area contributed by atoms with Crippen LogP contribution in [-0.2, 0) is 16.0 Å². The first kappa shape index (κ1) is 14.4. The van der Waals surface area contributed by atoms with Gasteiger partial charge in [0.2, 0.25) is 5.91 Å². The van der Waals surface area contributed by atoms with E-state index in [0.717, 1.165) is 11.3 Å². The maximum Gasteiger partial charge on any atom is 0.305 e. The van der Waals surface area contributed by atoms with Gasteiger partial charge in [0.15, 0.2) is 0 Å². The molecule has 1 aliphatic heterocycles. The fourth-order valence-corrected chi connectivity index (χ4v) is 2.38. The average molecular weight is 276 g/mol. The van der Waals surface area contributed by atoms with E-state index in [1.807, 2.05) is 38.1 Å². The van der Waals surface area contributed by atoms with E-state index < -0.39 is 5.97 Å². The minimum absolute atomic E-state index is 0.0525. The molecule has 1 aliphatic rings. The number of hydrogen-bond donors (Lipinski definition) is 3. The lowest BCUT2D eigenvalue weighted by molar-refractivity contribution is -0.138. The molecule has 20 heavy (non-hydrogen) atoms. The van der Waals surface area contributed by atoms with E-state index in [9.17, 15) is 9.59 Å². The third-order valence-corrected chi connectivity index (χ3v) is 3.61. The molecule has 1 heterocycles. The standard InChI is InChI=1S/C15H20N2O3/c1-9(2)12(8-14(18)19)17-15(20)13-7-10-5-3-4-6-11(10)16-13/h3-6,9,12-13,16H,7-8H2,1-2H3,(H,17,20)(H,18,19). The number of amides is 1. The van der Waals surface area contributed by atoms with Gasteiger partial charge in [-0.05, 0) is 17.5 Å². The van der Waals surface area contributed by atoms with Gasteiger partial charge in [-0.15, -0.1) is 0 Å². The number of fused-ring (bicyclic) bond motifs is 1. The summed E-state index contributed by atoms with van der Waals surface area (Å²) in [6.45, 7) is 3.81. The van der Waals surface area contributed by atoms with Crippen LogP contribution in [0.3, 0.4) is 0 Å². The van der Waals surface area contributed by atoms with Gasteiger partial charge in [0.1, 0.15) is 6.04 Å². The van der Waals surface area contributed by atoms with Gasteiger partial charge in [0.25, 0.3) is 0 Å². The molecule has 1 aromatic carbocycles. The number of carboxylic acids is 1. The number of carbonyl (C=O) groups excluding carboxylic acids is 1. The van der Waals surface area contributed by atoms with E-state index in [4.69, 9.17) is 5.11 Å². The maximum absolute atomic E-state index is 12.2. The highest BCUT2D eigenvalue weighted by Gasteiger charge is 2.29. The predicted octanol–water partition coefficient (Wildman–Crippen LogP) is 1.64. The van der Waals surface area contributed by atoms with Crippen LogP contribution in [0, 0.1) is 5.92 Å².